The van der Waals surface area contributed by atoms with E-state index in [1.54, 1.807) is 16.8 Å². The second-order valence-corrected chi connectivity index (χ2v) is 4.42. The van der Waals surface area contributed by atoms with Crippen LogP contribution in [0.15, 0.2) is 24.4 Å². The van der Waals surface area contributed by atoms with Crippen LogP contribution in [0, 0.1) is 5.82 Å². The number of aryl methyl sites for hydroxylation is 2. The fourth-order valence-corrected chi connectivity index (χ4v) is 2.16. The Morgan fingerprint density at radius 1 is 1.33 bits per heavy atom. The highest BCUT2D eigenvalue weighted by molar-refractivity contribution is 5.69. The molecular formula is C14H18FN3. The van der Waals surface area contributed by atoms with E-state index in [0.29, 0.717) is 6.54 Å². The van der Waals surface area contributed by atoms with Crippen LogP contribution in [0.5, 0.6) is 0 Å². The van der Waals surface area contributed by atoms with Crippen LogP contribution >= 0.6 is 0 Å². The number of rotatable bonds is 4. The van der Waals surface area contributed by atoms with Gasteiger partial charge in [-0.15, -0.1) is 0 Å². The third kappa shape index (κ3) is 2.43. The molecule has 0 radical (unpaired) electrons. The van der Waals surface area contributed by atoms with Crippen LogP contribution in [-0.2, 0) is 20.0 Å². The first-order valence-corrected chi connectivity index (χ1v) is 6.17. The molecule has 0 unspecified atom stereocenters. The van der Waals surface area contributed by atoms with Crippen LogP contribution in [0.1, 0.15) is 24.6 Å². The summed E-state index contributed by atoms with van der Waals surface area (Å²) >= 11 is 0. The standard InChI is InChI=1S/C14H18FN3/c1-3-4-14-13(9-18(2)17-14)12-7-11(15)6-5-10(12)8-16/h5-7,9H,3-4,8,16H2,1-2H3. The molecule has 0 aliphatic carbocycles. The van der Waals surface area contributed by atoms with Crippen molar-refractivity contribution in [2.45, 2.75) is 26.3 Å². The van der Waals surface area contributed by atoms with E-state index in [0.717, 1.165) is 35.2 Å². The molecule has 0 bridgehead atoms. The Morgan fingerprint density at radius 2 is 2.11 bits per heavy atom. The van der Waals surface area contributed by atoms with E-state index in [-0.39, 0.29) is 5.82 Å². The first-order chi connectivity index (χ1) is 8.65. The Labute approximate surface area is 106 Å². The maximum Gasteiger partial charge on any atom is 0.123 e. The first kappa shape index (κ1) is 12.8. The van der Waals surface area contributed by atoms with Crippen molar-refractivity contribution in [2.75, 3.05) is 0 Å². The van der Waals surface area contributed by atoms with Crippen molar-refractivity contribution in [3.8, 4) is 11.1 Å². The Bertz CT molecular complexity index is 546. The molecule has 18 heavy (non-hydrogen) atoms. The lowest BCUT2D eigenvalue weighted by atomic mass is 9.98. The summed E-state index contributed by atoms with van der Waals surface area (Å²) < 4.78 is 15.2. The van der Waals surface area contributed by atoms with Crippen LogP contribution in [0.25, 0.3) is 11.1 Å². The molecule has 2 aromatic rings. The molecule has 0 saturated heterocycles. The Kier molecular flexibility index (Phi) is 3.77. The lowest BCUT2D eigenvalue weighted by Crippen LogP contribution is -2.00. The lowest BCUT2D eigenvalue weighted by Gasteiger charge is -2.07. The smallest absolute Gasteiger partial charge is 0.123 e. The van der Waals surface area contributed by atoms with Crippen LogP contribution in [0.3, 0.4) is 0 Å². The molecule has 0 spiro atoms. The summed E-state index contributed by atoms with van der Waals surface area (Å²) in [6.07, 6.45) is 3.83. The van der Waals surface area contributed by atoms with Crippen molar-refractivity contribution in [1.29, 1.82) is 0 Å². The number of hydrogen-bond donors (Lipinski definition) is 1. The van der Waals surface area contributed by atoms with Gasteiger partial charge >= 0.3 is 0 Å². The van der Waals surface area contributed by atoms with Crippen LogP contribution in [0.4, 0.5) is 4.39 Å². The van der Waals surface area contributed by atoms with E-state index in [1.165, 1.54) is 6.07 Å². The topological polar surface area (TPSA) is 43.8 Å². The van der Waals surface area contributed by atoms with Gasteiger partial charge in [0.15, 0.2) is 0 Å². The zero-order valence-corrected chi connectivity index (χ0v) is 10.8. The normalized spacial score (nSPS) is 10.9. The minimum absolute atomic E-state index is 0.242. The minimum atomic E-state index is -0.242. The van der Waals surface area contributed by atoms with Crippen molar-refractivity contribution < 1.29 is 4.39 Å². The van der Waals surface area contributed by atoms with Gasteiger partial charge in [-0.3, -0.25) is 4.68 Å². The summed E-state index contributed by atoms with van der Waals surface area (Å²) in [4.78, 5) is 0. The highest BCUT2D eigenvalue weighted by atomic mass is 19.1. The fourth-order valence-electron chi connectivity index (χ4n) is 2.16. The highest BCUT2D eigenvalue weighted by Crippen LogP contribution is 2.28. The third-order valence-electron chi connectivity index (χ3n) is 2.97. The van der Waals surface area contributed by atoms with E-state index < -0.39 is 0 Å². The van der Waals surface area contributed by atoms with E-state index in [9.17, 15) is 4.39 Å². The van der Waals surface area contributed by atoms with Gasteiger partial charge in [0.05, 0.1) is 5.69 Å². The summed E-state index contributed by atoms with van der Waals surface area (Å²) in [6, 6.07) is 4.73. The van der Waals surface area contributed by atoms with Gasteiger partial charge in [0.2, 0.25) is 0 Å². The van der Waals surface area contributed by atoms with Crippen LogP contribution < -0.4 is 5.73 Å². The number of hydrogen-bond acceptors (Lipinski definition) is 2. The molecule has 1 aromatic heterocycles. The van der Waals surface area contributed by atoms with Crippen LogP contribution in [0.2, 0.25) is 0 Å². The van der Waals surface area contributed by atoms with Gasteiger partial charge < -0.3 is 5.73 Å². The number of nitrogens with two attached hydrogens (primary N) is 1. The van der Waals surface area contributed by atoms with E-state index in [2.05, 4.69) is 12.0 Å². The largest absolute Gasteiger partial charge is 0.326 e. The molecule has 1 aromatic carbocycles. The second-order valence-electron chi connectivity index (χ2n) is 4.42. The van der Waals surface area contributed by atoms with Crippen molar-refractivity contribution in [2.24, 2.45) is 12.8 Å². The van der Waals surface area contributed by atoms with Gasteiger partial charge in [0.25, 0.3) is 0 Å². The van der Waals surface area contributed by atoms with E-state index in [1.807, 2.05) is 13.2 Å². The van der Waals surface area contributed by atoms with Crippen molar-refractivity contribution >= 4 is 0 Å². The van der Waals surface area contributed by atoms with Gasteiger partial charge in [0.1, 0.15) is 5.82 Å². The number of aromatic nitrogens is 2. The van der Waals surface area contributed by atoms with Crippen molar-refractivity contribution in [3.63, 3.8) is 0 Å². The van der Waals surface area contributed by atoms with E-state index in [4.69, 9.17) is 5.73 Å². The zero-order chi connectivity index (χ0) is 13.1. The third-order valence-corrected chi connectivity index (χ3v) is 2.97. The average Bonchev–Trinajstić information content (AvgIpc) is 2.71. The summed E-state index contributed by atoms with van der Waals surface area (Å²) in [6.45, 7) is 2.50. The second kappa shape index (κ2) is 5.31. The summed E-state index contributed by atoms with van der Waals surface area (Å²) in [5, 5.41) is 4.44. The Morgan fingerprint density at radius 3 is 2.78 bits per heavy atom. The monoisotopic (exact) mass is 247 g/mol. The predicted octanol–water partition coefficient (Wildman–Crippen LogP) is 2.64. The molecule has 0 aliphatic heterocycles. The quantitative estimate of drug-likeness (QED) is 0.902. The molecule has 3 nitrogen and oxygen atoms in total. The number of nitrogens with zero attached hydrogens (tertiary/aromatic N) is 2. The van der Waals surface area contributed by atoms with Gasteiger partial charge in [-0.25, -0.2) is 4.39 Å². The lowest BCUT2D eigenvalue weighted by molar-refractivity contribution is 0.627. The van der Waals surface area contributed by atoms with Gasteiger partial charge in [-0.05, 0) is 29.7 Å². The molecule has 2 N–H and O–H groups in total. The first-order valence-electron chi connectivity index (χ1n) is 6.17. The maximum absolute atomic E-state index is 13.4. The number of benzene rings is 1. The molecule has 4 heteroatoms. The fraction of sp³-hybridized carbons (Fsp3) is 0.357. The Balaban J connectivity index is 2.56. The Hall–Kier alpha value is -1.68. The molecule has 0 saturated carbocycles. The zero-order valence-electron chi connectivity index (χ0n) is 10.8. The molecule has 1 heterocycles. The highest BCUT2D eigenvalue weighted by Gasteiger charge is 2.13. The van der Waals surface area contributed by atoms with Gasteiger partial charge in [-0.1, -0.05) is 19.4 Å². The molecule has 2 rings (SSSR count). The average molecular weight is 247 g/mol. The molecular weight excluding hydrogens is 229 g/mol. The minimum Gasteiger partial charge on any atom is -0.326 e. The van der Waals surface area contributed by atoms with Gasteiger partial charge in [-0.2, -0.15) is 5.10 Å². The molecule has 0 aliphatic rings. The van der Waals surface area contributed by atoms with Gasteiger partial charge in [0, 0.05) is 25.4 Å². The maximum atomic E-state index is 13.4. The predicted molar refractivity (Wildman–Crippen MR) is 70.5 cm³/mol. The summed E-state index contributed by atoms with van der Waals surface area (Å²) in [5.74, 6) is -0.242. The SMILES string of the molecule is CCCc1nn(C)cc1-c1cc(F)ccc1CN. The molecule has 0 amide bonds. The van der Waals surface area contributed by atoms with E-state index >= 15 is 0 Å². The molecule has 96 valence electrons. The summed E-state index contributed by atoms with van der Waals surface area (Å²) in [5.41, 5.74) is 9.51. The number of halogens is 1. The molecule has 0 fully saturated rings. The summed E-state index contributed by atoms with van der Waals surface area (Å²) in [7, 11) is 1.88. The van der Waals surface area contributed by atoms with Crippen LogP contribution in [-0.4, -0.2) is 9.78 Å². The van der Waals surface area contributed by atoms with Crippen molar-refractivity contribution in [1.82, 2.24) is 9.78 Å². The van der Waals surface area contributed by atoms with Crippen molar-refractivity contribution in [3.05, 3.63) is 41.5 Å². The molecule has 0 atom stereocenters.